The molecule has 0 unspecified atom stereocenters. The lowest BCUT2D eigenvalue weighted by Crippen LogP contribution is -2.38. The largest absolute Gasteiger partial charge is 0.395 e. The predicted octanol–water partition coefficient (Wildman–Crippen LogP) is 2.38. The van der Waals surface area contributed by atoms with E-state index in [-0.39, 0.29) is 12.4 Å². The van der Waals surface area contributed by atoms with E-state index in [2.05, 4.69) is 26.1 Å². The normalized spacial score (nSPS) is 17.6. The third-order valence-electron chi connectivity index (χ3n) is 3.89. The number of halogens is 2. The molecule has 112 valence electrons. The fraction of sp³-hybridized carbons (Fsp3) is 0.600. The Morgan fingerprint density at radius 2 is 2.10 bits per heavy atom. The third kappa shape index (κ3) is 4.81. The summed E-state index contributed by atoms with van der Waals surface area (Å²) < 4.78 is 14.4. The number of hydrogen-bond donors (Lipinski definition) is 2. The van der Waals surface area contributed by atoms with Gasteiger partial charge in [0.15, 0.2) is 0 Å². The first kappa shape index (κ1) is 15.9. The van der Waals surface area contributed by atoms with Crippen LogP contribution in [-0.4, -0.2) is 42.8 Å². The Morgan fingerprint density at radius 3 is 2.75 bits per heavy atom. The molecular weight excluding hydrogens is 323 g/mol. The molecule has 0 atom stereocenters. The number of benzene rings is 1. The van der Waals surface area contributed by atoms with Gasteiger partial charge in [-0.25, -0.2) is 4.39 Å². The van der Waals surface area contributed by atoms with E-state index < -0.39 is 0 Å². The van der Waals surface area contributed by atoms with E-state index in [1.54, 1.807) is 0 Å². The summed E-state index contributed by atoms with van der Waals surface area (Å²) in [5, 5.41) is 12.3. The highest BCUT2D eigenvalue weighted by Gasteiger charge is 2.18. The Bertz CT molecular complexity index is 422. The summed E-state index contributed by atoms with van der Waals surface area (Å²) in [4.78, 5) is 2.30. The molecule has 0 aliphatic carbocycles. The number of nitrogens with zero attached hydrogens (tertiary/aromatic N) is 1. The average molecular weight is 345 g/mol. The monoisotopic (exact) mass is 344 g/mol. The van der Waals surface area contributed by atoms with Gasteiger partial charge in [0.25, 0.3) is 0 Å². The standard InChI is InChI=1S/C15H22BrFN2O/c16-14-2-1-13(15(17)9-14)11-18-10-12-3-5-19(6-4-12)7-8-20/h1-2,9,12,18,20H,3-8,10-11H2. The molecule has 2 N–H and O–H groups in total. The van der Waals surface area contributed by atoms with Crippen molar-refractivity contribution in [2.45, 2.75) is 19.4 Å². The van der Waals surface area contributed by atoms with Crippen LogP contribution in [0.3, 0.4) is 0 Å². The van der Waals surface area contributed by atoms with Gasteiger partial charge in [-0.1, -0.05) is 22.0 Å². The van der Waals surface area contributed by atoms with Crippen molar-refractivity contribution in [3.05, 3.63) is 34.1 Å². The van der Waals surface area contributed by atoms with Crippen LogP contribution in [-0.2, 0) is 6.54 Å². The molecule has 1 saturated heterocycles. The lowest BCUT2D eigenvalue weighted by molar-refractivity contribution is 0.146. The fourth-order valence-corrected chi connectivity index (χ4v) is 2.96. The summed E-state index contributed by atoms with van der Waals surface area (Å²) in [5.41, 5.74) is 0.714. The van der Waals surface area contributed by atoms with Crippen LogP contribution in [0, 0.1) is 11.7 Å². The number of hydrogen-bond acceptors (Lipinski definition) is 3. The molecule has 1 aliphatic rings. The maximum absolute atomic E-state index is 13.7. The first-order chi connectivity index (χ1) is 9.69. The Morgan fingerprint density at radius 1 is 1.35 bits per heavy atom. The van der Waals surface area contributed by atoms with Crippen LogP contribution in [0.1, 0.15) is 18.4 Å². The minimum atomic E-state index is -0.162. The summed E-state index contributed by atoms with van der Waals surface area (Å²) in [6.07, 6.45) is 2.30. The zero-order chi connectivity index (χ0) is 14.4. The van der Waals surface area contributed by atoms with Crippen molar-refractivity contribution in [3.8, 4) is 0 Å². The van der Waals surface area contributed by atoms with Gasteiger partial charge in [0.2, 0.25) is 0 Å². The molecule has 5 heteroatoms. The Hall–Kier alpha value is -0.490. The Balaban J connectivity index is 1.69. The second kappa shape index (κ2) is 8.08. The van der Waals surface area contributed by atoms with E-state index in [1.165, 1.54) is 6.07 Å². The number of aliphatic hydroxyl groups is 1. The number of likely N-dealkylation sites (tertiary alicyclic amines) is 1. The van der Waals surface area contributed by atoms with E-state index in [4.69, 9.17) is 5.11 Å². The molecule has 1 aromatic rings. The molecule has 1 fully saturated rings. The highest BCUT2D eigenvalue weighted by Crippen LogP contribution is 2.17. The lowest BCUT2D eigenvalue weighted by atomic mass is 9.97. The van der Waals surface area contributed by atoms with Crippen molar-refractivity contribution < 1.29 is 9.50 Å². The smallest absolute Gasteiger partial charge is 0.128 e. The topological polar surface area (TPSA) is 35.5 Å². The van der Waals surface area contributed by atoms with Crippen molar-refractivity contribution in [1.29, 1.82) is 0 Å². The zero-order valence-corrected chi connectivity index (χ0v) is 13.2. The maximum Gasteiger partial charge on any atom is 0.128 e. The van der Waals surface area contributed by atoms with Crippen LogP contribution in [0.15, 0.2) is 22.7 Å². The van der Waals surface area contributed by atoms with Gasteiger partial charge >= 0.3 is 0 Å². The quantitative estimate of drug-likeness (QED) is 0.831. The molecule has 0 aromatic heterocycles. The van der Waals surface area contributed by atoms with Crippen molar-refractivity contribution in [2.24, 2.45) is 5.92 Å². The summed E-state index contributed by atoms with van der Waals surface area (Å²) in [5.74, 6) is 0.494. The first-order valence-corrected chi connectivity index (χ1v) is 7.96. The first-order valence-electron chi connectivity index (χ1n) is 7.17. The maximum atomic E-state index is 13.7. The number of rotatable bonds is 6. The van der Waals surface area contributed by atoms with Crippen LogP contribution < -0.4 is 5.32 Å². The molecule has 1 heterocycles. The van der Waals surface area contributed by atoms with Gasteiger partial charge < -0.3 is 15.3 Å². The second-order valence-electron chi connectivity index (χ2n) is 5.38. The minimum Gasteiger partial charge on any atom is -0.395 e. The van der Waals surface area contributed by atoms with Crippen LogP contribution in [0.5, 0.6) is 0 Å². The summed E-state index contributed by atoms with van der Waals surface area (Å²) in [6, 6.07) is 5.19. The molecule has 0 spiro atoms. The van der Waals surface area contributed by atoms with Crippen molar-refractivity contribution in [3.63, 3.8) is 0 Å². The summed E-state index contributed by atoms with van der Waals surface area (Å²) >= 11 is 3.26. The van der Waals surface area contributed by atoms with Crippen molar-refractivity contribution >= 4 is 15.9 Å². The van der Waals surface area contributed by atoms with E-state index in [0.717, 1.165) is 43.5 Å². The number of nitrogens with one attached hydrogen (secondary N) is 1. The van der Waals surface area contributed by atoms with Crippen molar-refractivity contribution in [2.75, 3.05) is 32.8 Å². The number of aliphatic hydroxyl groups excluding tert-OH is 1. The average Bonchev–Trinajstić information content (AvgIpc) is 2.43. The van der Waals surface area contributed by atoms with Gasteiger partial charge in [0.1, 0.15) is 5.82 Å². The molecule has 0 radical (unpaired) electrons. The van der Waals surface area contributed by atoms with Crippen LogP contribution in [0.4, 0.5) is 4.39 Å². The second-order valence-corrected chi connectivity index (χ2v) is 6.29. The zero-order valence-electron chi connectivity index (χ0n) is 11.6. The molecule has 1 aliphatic heterocycles. The Kier molecular flexibility index (Phi) is 6.42. The number of piperidine rings is 1. The van der Waals surface area contributed by atoms with E-state index in [1.807, 2.05) is 12.1 Å². The van der Waals surface area contributed by atoms with Crippen LogP contribution >= 0.6 is 15.9 Å². The molecule has 2 rings (SSSR count). The van der Waals surface area contributed by atoms with Gasteiger partial charge in [-0.05, 0) is 50.5 Å². The van der Waals surface area contributed by atoms with Gasteiger partial charge in [0.05, 0.1) is 6.61 Å². The lowest BCUT2D eigenvalue weighted by Gasteiger charge is -2.31. The molecule has 3 nitrogen and oxygen atoms in total. The summed E-state index contributed by atoms with van der Waals surface area (Å²) in [6.45, 7) is 4.65. The predicted molar refractivity (Wildman–Crippen MR) is 82.1 cm³/mol. The minimum absolute atomic E-state index is 0.162. The third-order valence-corrected chi connectivity index (χ3v) is 4.38. The van der Waals surface area contributed by atoms with Gasteiger partial charge in [0, 0.05) is 23.1 Å². The highest BCUT2D eigenvalue weighted by molar-refractivity contribution is 9.10. The SMILES string of the molecule is OCCN1CCC(CNCc2ccc(Br)cc2F)CC1. The molecule has 0 saturated carbocycles. The summed E-state index contributed by atoms with van der Waals surface area (Å²) in [7, 11) is 0. The molecule has 20 heavy (non-hydrogen) atoms. The molecule has 0 amide bonds. The van der Waals surface area contributed by atoms with E-state index in [9.17, 15) is 4.39 Å². The molecular formula is C15H22BrFN2O. The van der Waals surface area contributed by atoms with E-state index >= 15 is 0 Å². The van der Waals surface area contributed by atoms with Crippen LogP contribution in [0.25, 0.3) is 0 Å². The van der Waals surface area contributed by atoms with Gasteiger partial charge in [-0.2, -0.15) is 0 Å². The van der Waals surface area contributed by atoms with E-state index in [0.29, 0.717) is 18.0 Å². The number of β-amino-alcohol motifs (C(OH)–C–C–N with tert-alkyl or cyclic N) is 1. The van der Waals surface area contributed by atoms with Crippen LogP contribution in [0.2, 0.25) is 0 Å². The van der Waals surface area contributed by atoms with Gasteiger partial charge in [-0.15, -0.1) is 0 Å². The highest BCUT2D eigenvalue weighted by atomic mass is 79.9. The molecule has 0 bridgehead atoms. The molecule has 1 aromatic carbocycles. The Labute approximate surface area is 128 Å². The fourth-order valence-electron chi connectivity index (χ4n) is 2.63. The van der Waals surface area contributed by atoms with Crippen molar-refractivity contribution in [1.82, 2.24) is 10.2 Å². The van der Waals surface area contributed by atoms with Gasteiger partial charge in [-0.3, -0.25) is 0 Å².